The number of hydrogen-bond donors (Lipinski definition) is 1. The van der Waals surface area contributed by atoms with Gasteiger partial charge in [0, 0.05) is 21.9 Å². The van der Waals surface area contributed by atoms with Crippen LogP contribution in [-0.2, 0) is 4.74 Å². The van der Waals surface area contributed by atoms with Crippen LogP contribution >= 0.6 is 0 Å². The third kappa shape index (κ3) is 2.75. The fourth-order valence-corrected chi connectivity index (χ4v) is 3.21. The fourth-order valence-electron chi connectivity index (χ4n) is 3.21. The number of carbonyl (C=O) groups is 1. The number of nitrogens with one attached hydrogen (secondary N) is 1. The van der Waals surface area contributed by atoms with E-state index in [0.717, 1.165) is 0 Å². The smallest absolute Gasteiger partial charge is 0.360 e. The van der Waals surface area contributed by atoms with E-state index in [9.17, 15) is 9.59 Å². The van der Waals surface area contributed by atoms with Crippen LogP contribution in [0.1, 0.15) is 17.3 Å². The molecule has 0 atom stereocenters. The van der Waals surface area contributed by atoms with Gasteiger partial charge in [-0.3, -0.25) is 0 Å². The number of carbonyl (C=O) groups excluding carboxylic acids is 1. The van der Waals surface area contributed by atoms with Gasteiger partial charge >= 0.3 is 11.6 Å². The topological polar surface area (TPSA) is 81.5 Å². The van der Waals surface area contributed by atoms with E-state index >= 15 is 0 Å². The summed E-state index contributed by atoms with van der Waals surface area (Å²) in [6, 6.07) is 14.4. The van der Waals surface area contributed by atoms with Crippen LogP contribution < -0.4 is 10.4 Å². The molecule has 1 N–H and O–H groups in total. The first-order valence-electron chi connectivity index (χ1n) is 8.53. The van der Waals surface area contributed by atoms with Gasteiger partial charge in [0.15, 0.2) is 5.76 Å². The highest BCUT2D eigenvalue weighted by Gasteiger charge is 2.25. The van der Waals surface area contributed by atoms with Crippen molar-refractivity contribution in [3.8, 4) is 17.1 Å². The van der Waals surface area contributed by atoms with Crippen molar-refractivity contribution in [3.05, 3.63) is 64.5 Å². The molecule has 0 aliphatic rings. The fraction of sp³-hybridized carbons (Fsp3) is 0.143. The minimum Gasteiger partial charge on any atom is -0.497 e. The van der Waals surface area contributed by atoms with Crippen LogP contribution in [0.25, 0.3) is 33.1 Å². The maximum atomic E-state index is 12.8. The second-order valence-electron chi connectivity index (χ2n) is 5.97. The lowest BCUT2D eigenvalue weighted by Crippen LogP contribution is -2.11. The van der Waals surface area contributed by atoms with E-state index in [1.54, 1.807) is 44.4 Å². The summed E-state index contributed by atoms with van der Waals surface area (Å²) in [7, 11) is 1.56. The summed E-state index contributed by atoms with van der Waals surface area (Å²) in [6.45, 7) is 1.94. The molecule has 0 aliphatic heterocycles. The predicted octanol–water partition coefficient (Wildman–Crippen LogP) is 4.13. The van der Waals surface area contributed by atoms with Crippen molar-refractivity contribution in [2.45, 2.75) is 6.92 Å². The molecule has 0 saturated carbocycles. The van der Waals surface area contributed by atoms with Crippen LogP contribution in [0.15, 0.2) is 57.7 Å². The summed E-state index contributed by atoms with van der Waals surface area (Å²) in [4.78, 5) is 28.5. The van der Waals surface area contributed by atoms with E-state index in [1.807, 2.05) is 18.2 Å². The Morgan fingerprint density at radius 1 is 1.15 bits per heavy atom. The zero-order valence-corrected chi connectivity index (χ0v) is 14.9. The van der Waals surface area contributed by atoms with E-state index in [-0.39, 0.29) is 23.4 Å². The highest BCUT2D eigenvalue weighted by Crippen LogP contribution is 2.35. The molecule has 4 rings (SSSR count). The number of H-pyrrole nitrogens is 1. The first-order valence-corrected chi connectivity index (χ1v) is 8.53. The third-order valence-corrected chi connectivity index (χ3v) is 4.40. The van der Waals surface area contributed by atoms with Gasteiger partial charge in [-0.25, -0.2) is 9.59 Å². The predicted molar refractivity (Wildman–Crippen MR) is 102 cm³/mol. The van der Waals surface area contributed by atoms with E-state index < -0.39 is 11.6 Å². The van der Waals surface area contributed by atoms with Gasteiger partial charge in [0.2, 0.25) is 0 Å². The molecule has 27 heavy (non-hydrogen) atoms. The van der Waals surface area contributed by atoms with Gasteiger partial charge in [0.25, 0.3) is 0 Å². The summed E-state index contributed by atoms with van der Waals surface area (Å²) in [5.74, 6) is 0.261. The van der Waals surface area contributed by atoms with Gasteiger partial charge in [-0.05, 0) is 25.1 Å². The van der Waals surface area contributed by atoms with Crippen molar-refractivity contribution in [3.63, 3.8) is 0 Å². The minimum atomic E-state index is -0.549. The molecule has 2 heterocycles. The Hall–Kier alpha value is -3.54. The number of esters is 1. The summed E-state index contributed by atoms with van der Waals surface area (Å²) in [6.07, 6.45) is 0. The molecular weight excluding hydrogens is 346 g/mol. The lowest BCUT2D eigenvalue weighted by atomic mass is 10.0. The van der Waals surface area contributed by atoms with Gasteiger partial charge < -0.3 is 18.9 Å². The Morgan fingerprint density at radius 2 is 1.93 bits per heavy atom. The molecule has 4 aromatic rings. The van der Waals surface area contributed by atoms with Crippen molar-refractivity contribution in [1.82, 2.24) is 4.98 Å². The van der Waals surface area contributed by atoms with Crippen LogP contribution in [0, 0.1) is 0 Å². The summed E-state index contributed by atoms with van der Waals surface area (Å²) >= 11 is 0. The van der Waals surface area contributed by atoms with Gasteiger partial charge in [-0.1, -0.05) is 30.3 Å². The summed E-state index contributed by atoms with van der Waals surface area (Å²) in [5, 5.41) is 1.16. The largest absolute Gasteiger partial charge is 0.497 e. The van der Waals surface area contributed by atoms with Gasteiger partial charge in [0.05, 0.1) is 13.7 Å². The van der Waals surface area contributed by atoms with Crippen LogP contribution in [0.3, 0.4) is 0 Å². The Labute approximate surface area is 154 Å². The SMILES string of the molecule is CCOC(=O)c1c(-c2ccccc2)oc(=O)c2[nH]c3ccc(OC)cc3c12. The monoisotopic (exact) mass is 363 g/mol. The Kier molecular flexibility index (Phi) is 4.16. The van der Waals surface area contributed by atoms with Crippen LogP contribution in [0.2, 0.25) is 0 Å². The molecule has 2 aromatic heterocycles. The third-order valence-electron chi connectivity index (χ3n) is 4.40. The normalized spacial score (nSPS) is 11.0. The molecule has 6 nitrogen and oxygen atoms in total. The highest BCUT2D eigenvalue weighted by molar-refractivity contribution is 6.18. The Bertz CT molecular complexity index is 1200. The molecule has 136 valence electrons. The zero-order chi connectivity index (χ0) is 19.0. The molecule has 0 fully saturated rings. The van der Waals surface area contributed by atoms with Crippen LogP contribution in [-0.4, -0.2) is 24.7 Å². The average Bonchev–Trinajstić information content (AvgIpc) is 3.08. The van der Waals surface area contributed by atoms with Crippen LogP contribution in [0.4, 0.5) is 0 Å². The van der Waals surface area contributed by atoms with Crippen molar-refractivity contribution >= 4 is 27.8 Å². The van der Waals surface area contributed by atoms with E-state index in [2.05, 4.69) is 4.98 Å². The Balaban J connectivity index is 2.18. The van der Waals surface area contributed by atoms with E-state index in [1.165, 1.54) is 0 Å². The lowest BCUT2D eigenvalue weighted by molar-refractivity contribution is 0.0527. The molecule has 0 radical (unpaired) electrons. The molecule has 2 aromatic carbocycles. The van der Waals surface area contributed by atoms with E-state index in [0.29, 0.717) is 27.6 Å². The molecule has 6 heteroatoms. The molecule has 0 bridgehead atoms. The van der Waals surface area contributed by atoms with Gasteiger partial charge in [-0.2, -0.15) is 0 Å². The highest BCUT2D eigenvalue weighted by atomic mass is 16.5. The molecule has 0 amide bonds. The van der Waals surface area contributed by atoms with Crippen molar-refractivity contribution in [1.29, 1.82) is 0 Å². The second kappa shape index (κ2) is 6.64. The first-order chi connectivity index (χ1) is 13.1. The molecular formula is C21H17NO5. The summed E-state index contributed by atoms with van der Waals surface area (Å²) in [5.41, 5.74) is 1.22. The van der Waals surface area contributed by atoms with Gasteiger partial charge in [0.1, 0.15) is 16.8 Å². The quantitative estimate of drug-likeness (QED) is 0.552. The van der Waals surface area contributed by atoms with Gasteiger partial charge in [-0.15, -0.1) is 0 Å². The maximum absolute atomic E-state index is 12.8. The number of aromatic nitrogens is 1. The number of methoxy groups -OCH3 is 1. The number of fused-ring (bicyclic) bond motifs is 3. The van der Waals surface area contributed by atoms with Crippen molar-refractivity contribution in [2.75, 3.05) is 13.7 Å². The first kappa shape index (κ1) is 16.9. The lowest BCUT2D eigenvalue weighted by Gasteiger charge is -2.09. The molecule has 0 spiro atoms. The zero-order valence-electron chi connectivity index (χ0n) is 14.9. The van der Waals surface area contributed by atoms with Crippen LogP contribution in [0.5, 0.6) is 5.75 Å². The summed E-state index contributed by atoms with van der Waals surface area (Å²) < 4.78 is 16.1. The Morgan fingerprint density at radius 3 is 2.63 bits per heavy atom. The second-order valence-corrected chi connectivity index (χ2v) is 5.97. The molecule has 0 aliphatic carbocycles. The number of ether oxygens (including phenoxy) is 2. The number of benzene rings is 2. The van der Waals surface area contributed by atoms with E-state index in [4.69, 9.17) is 13.9 Å². The van der Waals surface area contributed by atoms with Crippen molar-refractivity contribution in [2.24, 2.45) is 0 Å². The number of hydrogen-bond acceptors (Lipinski definition) is 5. The standard InChI is InChI=1S/C21H17NO5/c1-3-26-20(23)17-16-14-11-13(25-2)9-10-15(14)22-18(16)21(24)27-19(17)12-7-5-4-6-8-12/h4-11,22H,3H2,1-2H3. The number of aromatic amines is 1. The number of rotatable bonds is 4. The minimum absolute atomic E-state index is 0.190. The molecule has 0 unspecified atom stereocenters. The van der Waals surface area contributed by atoms with Crippen molar-refractivity contribution < 1.29 is 18.7 Å². The average molecular weight is 363 g/mol. The maximum Gasteiger partial charge on any atom is 0.360 e. The molecule has 0 saturated heterocycles.